The highest BCUT2D eigenvalue weighted by Gasteiger charge is 2.41. The van der Waals surface area contributed by atoms with Crippen LogP contribution in [0.5, 0.6) is 23.0 Å². The number of aromatic nitrogens is 2. The van der Waals surface area contributed by atoms with Crippen LogP contribution in [0.3, 0.4) is 0 Å². The van der Waals surface area contributed by atoms with Crippen LogP contribution in [0.4, 0.5) is 0 Å². The van der Waals surface area contributed by atoms with Gasteiger partial charge >= 0.3 is 0 Å². The third-order valence-electron chi connectivity index (χ3n) is 14.4. The number of rotatable bonds is 4. The fraction of sp³-hybridized carbons (Fsp3) is 0. The van der Waals surface area contributed by atoms with Crippen molar-refractivity contribution in [2.45, 2.75) is 0 Å². The minimum atomic E-state index is -0.125. The second kappa shape index (κ2) is 13.9. The van der Waals surface area contributed by atoms with Crippen molar-refractivity contribution in [3.63, 3.8) is 0 Å². The second-order valence-corrected chi connectivity index (χ2v) is 17.9. The Balaban J connectivity index is 0.984. The van der Waals surface area contributed by atoms with Crippen molar-refractivity contribution in [3.05, 3.63) is 224 Å². The molecule has 13 aromatic rings. The van der Waals surface area contributed by atoms with Gasteiger partial charge < -0.3 is 18.6 Å². The summed E-state index contributed by atoms with van der Waals surface area (Å²) in [4.78, 5) is 0. The molecule has 310 valence electrons. The molecule has 0 bridgehead atoms. The summed E-state index contributed by atoms with van der Waals surface area (Å²) in [5.41, 5.74) is 14.7. The molecule has 4 nitrogen and oxygen atoms in total. The van der Waals surface area contributed by atoms with Gasteiger partial charge in [-0.15, -0.1) is 0 Å². The van der Waals surface area contributed by atoms with Gasteiger partial charge in [0.15, 0.2) is 0 Å². The molecule has 0 atom stereocenters. The lowest BCUT2D eigenvalue weighted by atomic mass is 9.35. The minimum absolute atomic E-state index is 0.125. The average Bonchev–Trinajstić information content (AvgIpc) is 3.91. The van der Waals surface area contributed by atoms with Crippen molar-refractivity contribution in [3.8, 4) is 56.6 Å². The van der Waals surface area contributed by atoms with Gasteiger partial charge in [-0.25, -0.2) is 0 Å². The molecule has 0 fully saturated rings. The Hall–Kier alpha value is -8.80. The van der Waals surface area contributed by atoms with E-state index in [1.807, 2.05) is 0 Å². The zero-order chi connectivity index (χ0) is 43.7. The molecular formula is C62H37BN2O2. The van der Waals surface area contributed by atoms with E-state index in [0.29, 0.717) is 0 Å². The largest absolute Gasteiger partial charge is 0.458 e. The van der Waals surface area contributed by atoms with Crippen molar-refractivity contribution < 1.29 is 9.47 Å². The third kappa shape index (κ3) is 5.19. The molecule has 0 saturated carbocycles. The summed E-state index contributed by atoms with van der Waals surface area (Å²) in [6, 6.07) is 81.2. The molecular weight excluding hydrogens is 816 g/mol. The Morgan fingerprint density at radius 1 is 0.284 bits per heavy atom. The number of benzene rings is 11. The van der Waals surface area contributed by atoms with Gasteiger partial charge in [0.25, 0.3) is 6.71 Å². The standard InChI is InChI=1S/C62H37BN2O2/c1-2-16-38(17-3-1)60-46-22-4-6-24-48(46)61(49-25-7-5-23-47(49)60)39-34-58-62-59(35-39)67-57-37-41(65-54-28-14-10-20-44(54)45-21-11-15-29-55(45)65)31-33-51(57)63(62)50-32-30-40(36-56(50)66-58)64-52-26-12-8-18-42(52)43-19-9-13-27-53(43)64/h1-37H. The molecule has 11 aromatic carbocycles. The fourth-order valence-electron chi connectivity index (χ4n) is 11.6. The van der Waals surface area contributed by atoms with Gasteiger partial charge in [0.1, 0.15) is 23.0 Å². The van der Waals surface area contributed by atoms with Crippen molar-refractivity contribution in [2.75, 3.05) is 0 Å². The first-order valence-electron chi connectivity index (χ1n) is 23.0. The van der Waals surface area contributed by atoms with Gasteiger partial charge in [-0.1, -0.05) is 164 Å². The molecule has 15 rings (SSSR count). The Morgan fingerprint density at radius 2 is 0.627 bits per heavy atom. The zero-order valence-electron chi connectivity index (χ0n) is 36.2. The lowest BCUT2D eigenvalue weighted by molar-refractivity contribution is 0.465. The third-order valence-corrected chi connectivity index (χ3v) is 14.4. The summed E-state index contributed by atoms with van der Waals surface area (Å²) in [5, 5.41) is 9.68. The smallest absolute Gasteiger partial charge is 0.260 e. The number of ether oxygens (including phenoxy) is 2. The molecule has 0 radical (unpaired) electrons. The summed E-state index contributed by atoms with van der Waals surface area (Å²) in [6.07, 6.45) is 0. The topological polar surface area (TPSA) is 28.3 Å². The first-order valence-corrected chi connectivity index (χ1v) is 23.0. The molecule has 5 heteroatoms. The van der Waals surface area contributed by atoms with Crippen LogP contribution in [0.2, 0.25) is 0 Å². The quantitative estimate of drug-likeness (QED) is 0.130. The van der Waals surface area contributed by atoms with Gasteiger partial charge in [0, 0.05) is 50.5 Å². The van der Waals surface area contributed by atoms with Crippen molar-refractivity contribution in [2.24, 2.45) is 0 Å². The first-order chi connectivity index (χ1) is 33.2. The highest BCUT2D eigenvalue weighted by Crippen LogP contribution is 2.47. The van der Waals surface area contributed by atoms with Crippen LogP contribution in [-0.4, -0.2) is 15.8 Å². The van der Waals surface area contributed by atoms with E-state index < -0.39 is 0 Å². The molecule has 0 saturated heterocycles. The SMILES string of the molecule is c1ccc(-c2c3ccccc3c(-c3cc4c5c(c3)Oc3cc(-n6c7ccccc7c7ccccc76)ccc3B5c3ccc(-n5c6ccccc6c6ccccc65)cc3O4)c3ccccc23)cc1. The summed E-state index contributed by atoms with van der Waals surface area (Å²) in [5.74, 6) is 3.30. The highest BCUT2D eigenvalue weighted by atomic mass is 16.5. The Bertz CT molecular complexity index is 3890. The molecule has 4 heterocycles. The van der Waals surface area contributed by atoms with Gasteiger partial charge in [-0.05, 0) is 103 Å². The van der Waals surface area contributed by atoms with Gasteiger partial charge in [0.05, 0.1) is 22.1 Å². The molecule has 2 aliphatic heterocycles. The monoisotopic (exact) mass is 852 g/mol. The molecule has 2 aromatic heterocycles. The lowest BCUT2D eigenvalue weighted by Gasteiger charge is -2.34. The maximum atomic E-state index is 7.26. The van der Waals surface area contributed by atoms with E-state index in [4.69, 9.17) is 9.47 Å². The highest BCUT2D eigenvalue weighted by molar-refractivity contribution is 6.98. The summed E-state index contributed by atoms with van der Waals surface area (Å²) < 4.78 is 19.3. The van der Waals surface area contributed by atoms with Crippen molar-refractivity contribution in [1.82, 2.24) is 9.13 Å². The number of hydrogen-bond acceptors (Lipinski definition) is 2. The summed E-state index contributed by atoms with van der Waals surface area (Å²) >= 11 is 0. The molecule has 0 amide bonds. The van der Waals surface area contributed by atoms with E-state index in [9.17, 15) is 0 Å². The average molecular weight is 853 g/mol. The maximum absolute atomic E-state index is 7.26. The van der Waals surface area contributed by atoms with Crippen LogP contribution in [0.1, 0.15) is 0 Å². The molecule has 0 N–H and O–H groups in total. The van der Waals surface area contributed by atoms with Crippen molar-refractivity contribution in [1.29, 1.82) is 0 Å². The van der Waals surface area contributed by atoms with Crippen LogP contribution >= 0.6 is 0 Å². The van der Waals surface area contributed by atoms with Gasteiger partial charge in [0.2, 0.25) is 0 Å². The zero-order valence-corrected chi connectivity index (χ0v) is 36.2. The second-order valence-electron chi connectivity index (χ2n) is 17.9. The normalized spacial score (nSPS) is 12.7. The lowest BCUT2D eigenvalue weighted by Crippen LogP contribution is -2.57. The molecule has 0 spiro atoms. The molecule has 0 aliphatic carbocycles. The molecule has 2 aliphatic rings. The Morgan fingerprint density at radius 3 is 1.03 bits per heavy atom. The van der Waals surface area contributed by atoms with Gasteiger partial charge in [-0.3, -0.25) is 0 Å². The van der Waals surface area contributed by atoms with E-state index in [-0.39, 0.29) is 6.71 Å². The van der Waals surface area contributed by atoms with E-state index in [1.165, 1.54) is 54.2 Å². The number of para-hydroxylation sites is 4. The van der Waals surface area contributed by atoms with Crippen LogP contribution in [0.25, 0.3) is 98.8 Å². The van der Waals surface area contributed by atoms with E-state index in [2.05, 4.69) is 234 Å². The summed E-state index contributed by atoms with van der Waals surface area (Å²) in [7, 11) is 0. The molecule has 67 heavy (non-hydrogen) atoms. The van der Waals surface area contributed by atoms with Crippen LogP contribution < -0.4 is 25.9 Å². The molecule has 0 unspecified atom stereocenters. The van der Waals surface area contributed by atoms with Crippen LogP contribution in [0, 0.1) is 0 Å². The Kier molecular flexibility index (Phi) is 7.55. The van der Waals surface area contributed by atoms with Crippen LogP contribution in [0.15, 0.2) is 224 Å². The van der Waals surface area contributed by atoms with Crippen molar-refractivity contribution >= 4 is 88.3 Å². The maximum Gasteiger partial charge on any atom is 0.260 e. The predicted molar refractivity (Wildman–Crippen MR) is 279 cm³/mol. The number of fused-ring (bicyclic) bond motifs is 12. The van der Waals surface area contributed by atoms with E-state index in [0.717, 1.165) is 84.0 Å². The van der Waals surface area contributed by atoms with Crippen LogP contribution in [-0.2, 0) is 0 Å². The van der Waals surface area contributed by atoms with E-state index >= 15 is 0 Å². The predicted octanol–water partition coefficient (Wildman–Crippen LogP) is 14.2. The first kappa shape index (κ1) is 36.5. The Labute approximate surface area is 386 Å². The van der Waals surface area contributed by atoms with E-state index in [1.54, 1.807) is 0 Å². The number of hydrogen-bond donors (Lipinski definition) is 0. The fourth-order valence-corrected chi connectivity index (χ4v) is 11.6. The van der Waals surface area contributed by atoms with Gasteiger partial charge in [-0.2, -0.15) is 0 Å². The minimum Gasteiger partial charge on any atom is -0.458 e. The number of nitrogens with zero attached hydrogens (tertiary/aromatic N) is 2. The summed E-state index contributed by atoms with van der Waals surface area (Å²) in [6.45, 7) is -0.125.